The van der Waals surface area contributed by atoms with Crippen LogP contribution in [-0.2, 0) is 0 Å². The van der Waals surface area contributed by atoms with Crippen molar-refractivity contribution < 1.29 is 4.74 Å². The second kappa shape index (κ2) is 5.98. The number of hydrogen-bond acceptors (Lipinski definition) is 3. The van der Waals surface area contributed by atoms with Crippen LogP contribution < -0.4 is 10.1 Å². The number of nitrogens with zero attached hydrogens (tertiary/aromatic N) is 1. The highest BCUT2D eigenvalue weighted by atomic mass is 79.9. The fourth-order valence-corrected chi connectivity index (χ4v) is 2.36. The highest BCUT2D eigenvalue weighted by Crippen LogP contribution is 2.31. The lowest BCUT2D eigenvalue weighted by Crippen LogP contribution is -2.18. The molecular weight excluding hydrogens is 292 g/mol. The van der Waals surface area contributed by atoms with Crippen LogP contribution in [0.15, 0.2) is 47.2 Å². The summed E-state index contributed by atoms with van der Waals surface area (Å²) in [4.78, 5) is 4.16. The molecule has 0 saturated carbocycles. The zero-order valence-electron chi connectivity index (χ0n) is 10.4. The Morgan fingerprint density at radius 1 is 1.33 bits per heavy atom. The standard InChI is InChI=1S/C14H15BrN2O/c1-16-14(10-4-3-7-17-9-10)12-8-11(15)5-6-13(12)18-2/h3-9,14,16H,1-2H3. The Labute approximate surface area is 115 Å². The molecule has 0 amide bonds. The number of halogens is 1. The second-order valence-corrected chi connectivity index (χ2v) is 4.81. The zero-order chi connectivity index (χ0) is 13.0. The van der Waals surface area contributed by atoms with Crippen LogP contribution in [0.3, 0.4) is 0 Å². The minimum atomic E-state index is 0.0612. The molecule has 1 atom stereocenters. The summed E-state index contributed by atoms with van der Waals surface area (Å²) in [7, 11) is 3.61. The predicted octanol–water partition coefficient (Wildman–Crippen LogP) is 3.16. The normalized spacial score (nSPS) is 12.2. The van der Waals surface area contributed by atoms with Gasteiger partial charge < -0.3 is 10.1 Å². The molecule has 1 N–H and O–H groups in total. The van der Waals surface area contributed by atoms with Gasteiger partial charge in [0.05, 0.1) is 13.2 Å². The largest absolute Gasteiger partial charge is 0.496 e. The molecule has 0 aliphatic carbocycles. The van der Waals surface area contributed by atoms with Crippen molar-refractivity contribution in [1.82, 2.24) is 10.3 Å². The zero-order valence-corrected chi connectivity index (χ0v) is 11.9. The van der Waals surface area contributed by atoms with Gasteiger partial charge >= 0.3 is 0 Å². The van der Waals surface area contributed by atoms with E-state index in [9.17, 15) is 0 Å². The van der Waals surface area contributed by atoms with E-state index < -0.39 is 0 Å². The van der Waals surface area contributed by atoms with Crippen LogP contribution in [0.2, 0.25) is 0 Å². The van der Waals surface area contributed by atoms with Gasteiger partial charge in [-0.25, -0.2) is 0 Å². The Balaban J connectivity index is 2.48. The second-order valence-electron chi connectivity index (χ2n) is 3.89. The molecule has 18 heavy (non-hydrogen) atoms. The average Bonchev–Trinajstić information content (AvgIpc) is 2.41. The summed E-state index contributed by atoms with van der Waals surface area (Å²) in [5, 5.41) is 3.30. The van der Waals surface area contributed by atoms with Gasteiger partial charge in [0.15, 0.2) is 0 Å². The van der Waals surface area contributed by atoms with Crippen molar-refractivity contribution >= 4 is 15.9 Å². The van der Waals surface area contributed by atoms with Crippen LogP contribution >= 0.6 is 15.9 Å². The Hall–Kier alpha value is -1.39. The van der Waals surface area contributed by atoms with Crippen molar-refractivity contribution in [3.05, 3.63) is 58.3 Å². The maximum Gasteiger partial charge on any atom is 0.124 e. The Kier molecular flexibility index (Phi) is 4.33. The first-order valence-electron chi connectivity index (χ1n) is 5.67. The van der Waals surface area contributed by atoms with E-state index in [2.05, 4.69) is 38.4 Å². The Morgan fingerprint density at radius 2 is 2.17 bits per heavy atom. The topological polar surface area (TPSA) is 34.2 Å². The molecule has 1 aromatic carbocycles. The van der Waals surface area contributed by atoms with E-state index in [0.29, 0.717) is 0 Å². The van der Waals surface area contributed by atoms with Gasteiger partial charge in [0, 0.05) is 22.4 Å². The third-order valence-electron chi connectivity index (χ3n) is 2.81. The Bertz CT molecular complexity index is 516. The first-order chi connectivity index (χ1) is 8.76. The number of ether oxygens (including phenoxy) is 1. The maximum atomic E-state index is 5.42. The van der Waals surface area contributed by atoms with Crippen LogP contribution in [0, 0.1) is 0 Å². The smallest absolute Gasteiger partial charge is 0.124 e. The fourth-order valence-electron chi connectivity index (χ4n) is 1.98. The van der Waals surface area contributed by atoms with Gasteiger partial charge in [-0.05, 0) is 36.9 Å². The minimum absolute atomic E-state index is 0.0612. The van der Waals surface area contributed by atoms with E-state index in [0.717, 1.165) is 21.3 Å². The third kappa shape index (κ3) is 2.71. The van der Waals surface area contributed by atoms with Gasteiger partial charge in [-0.1, -0.05) is 22.0 Å². The molecule has 94 valence electrons. The molecular formula is C14H15BrN2O. The number of pyridine rings is 1. The lowest BCUT2D eigenvalue weighted by Gasteiger charge is -2.19. The van der Waals surface area contributed by atoms with E-state index in [1.165, 1.54) is 0 Å². The summed E-state index contributed by atoms with van der Waals surface area (Å²) in [6.45, 7) is 0. The van der Waals surface area contributed by atoms with Crippen LogP contribution in [0.5, 0.6) is 5.75 Å². The van der Waals surface area contributed by atoms with E-state index >= 15 is 0 Å². The molecule has 2 rings (SSSR count). The SMILES string of the molecule is CNC(c1cccnc1)c1cc(Br)ccc1OC. The average molecular weight is 307 g/mol. The summed E-state index contributed by atoms with van der Waals surface area (Å²) in [5.74, 6) is 0.862. The van der Waals surface area contributed by atoms with Crippen LogP contribution in [0.1, 0.15) is 17.2 Å². The van der Waals surface area contributed by atoms with Gasteiger partial charge in [0.2, 0.25) is 0 Å². The fraction of sp³-hybridized carbons (Fsp3) is 0.214. The highest BCUT2D eigenvalue weighted by molar-refractivity contribution is 9.10. The summed E-state index contributed by atoms with van der Waals surface area (Å²) in [5.41, 5.74) is 2.19. The van der Waals surface area contributed by atoms with Gasteiger partial charge in [-0.3, -0.25) is 4.98 Å². The van der Waals surface area contributed by atoms with Crippen molar-refractivity contribution in [3.63, 3.8) is 0 Å². The lowest BCUT2D eigenvalue weighted by atomic mass is 9.99. The molecule has 0 spiro atoms. The van der Waals surface area contributed by atoms with Crippen molar-refractivity contribution in [1.29, 1.82) is 0 Å². The first-order valence-corrected chi connectivity index (χ1v) is 6.46. The maximum absolute atomic E-state index is 5.42. The molecule has 0 bridgehead atoms. The molecule has 0 aliphatic rings. The van der Waals surface area contributed by atoms with Crippen LogP contribution in [-0.4, -0.2) is 19.1 Å². The number of nitrogens with one attached hydrogen (secondary N) is 1. The molecule has 2 aromatic rings. The summed E-state index contributed by atoms with van der Waals surface area (Å²) in [6, 6.07) is 10.0. The van der Waals surface area contributed by atoms with Crippen LogP contribution in [0.25, 0.3) is 0 Å². The molecule has 1 unspecified atom stereocenters. The van der Waals surface area contributed by atoms with Crippen molar-refractivity contribution in [2.45, 2.75) is 6.04 Å². The molecule has 3 nitrogen and oxygen atoms in total. The summed E-state index contributed by atoms with van der Waals surface area (Å²) < 4.78 is 6.45. The van der Waals surface area contributed by atoms with Gasteiger partial charge in [0.25, 0.3) is 0 Å². The van der Waals surface area contributed by atoms with E-state index in [1.54, 1.807) is 13.3 Å². The summed E-state index contributed by atoms with van der Waals surface area (Å²) in [6.07, 6.45) is 3.63. The highest BCUT2D eigenvalue weighted by Gasteiger charge is 2.16. The number of aromatic nitrogens is 1. The molecule has 4 heteroatoms. The summed E-state index contributed by atoms with van der Waals surface area (Å²) >= 11 is 3.50. The molecule has 1 heterocycles. The van der Waals surface area contributed by atoms with E-state index in [4.69, 9.17) is 4.74 Å². The van der Waals surface area contributed by atoms with E-state index in [-0.39, 0.29) is 6.04 Å². The minimum Gasteiger partial charge on any atom is -0.496 e. The predicted molar refractivity (Wildman–Crippen MR) is 75.8 cm³/mol. The molecule has 0 fully saturated rings. The van der Waals surface area contributed by atoms with Crippen molar-refractivity contribution in [3.8, 4) is 5.75 Å². The van der Waals surface area contributed by atoms with E-state index in [1.807, 2.05) is 31.4 Å². The third-order valence-corrected chi connectivity index (χ3v) is 3.30. The van der Waals surface area contributed by atoms with Gasteiger partial charge in [-0.2, -0.15) is 0 Å². The van der Waals surface area contributed by atoms with Gasteiger partial charge in [-0.15, -0.1) is 0 Å². The number of rotatable bonds is 4. The lowest BCUT2D eigenvalue weighted by molar-refractivity contribution is 0.405. The molecule has 1 aromatic heterocycles. The van der Waals surface area contributed by atoms with Crippen molar-refractivity contribution in [2.75, 3.05) is 14.2 Å². The van der Waals surface area contributed by atoms with Crippen molar-refractivity contribution in [2.24, 2.45) is 0 Å². The molecule has 0 aliphatic heterocycles. The number of benzene rings is 1. The van der Waals surface area contributed by atoms with Crippen LogP contribution in [0.4, 0.5) is 0 Å². The molecule has 0 saturated heterocycles. The van der Waals surface area contributed by atoms with Gasteiger partial charge in [0.1, 0.15) is 5.75 Å². The molecule has 0 radical (unpaired) electrons. The number of methoxy groups -OCH3 is 1. The quantitative estimate of drug-likeness (QED) is 0.942. The first kappa shape index (κ1) is 13.1. The monoisotopic (exact) mass is 306 g/mol. The number of hydrogen-bond donors (Lipinski definition) is 1. The Morgan fingerprint density at radius 3 is 2.78 bits per heavy atom.